The van der Waals surface area contributed by atoms with Gasteiger partial charge in [0.1, 0.15) is 5.78 Å². The van der Waals surface area contributed by atoms with Crippen LogP contribution in [0.4, 0.5) is 0 Å². The van der Waals surface area contributed by atoms with Crippen molar-refractivity contribution >= 4 is 5.78 Å². The van der Waals surface area contributed by atoms with Gasteiger partial charge in [-0.1, -0.05) is 100 Å². The summed E-state index contributed by atoms with van der Waals surface area (Å²) in [5, 5.41) is 0. The molecule has 0 fully saturated rings. The van der Waals surface area contributed by atoms with Crippen molar-refractivity contribution in [2.75, 3.05) is 20.1 Å². The van der Waals surface area contributed by atoms with E-state index in [9.17, 15) is 4.79 Å². The number of Topliss-reactive ketones (excluding diaryl/α,β-unsaturated/α-hetero) is 1. The molecule has 0 bridgehead atoms. The Bertz CT molecular complexity index is 426. The maximum Gasteiger partial charge on any atom is 0.144 e. The maximum atomic E-state index is 13.8. The van der Waals surface area contributed by atoms with Crippen molar-refractivity contribution in [2.24, 2.45) is 16.2 Å². The number of carbonyl (C=O) groups excluding carboxylic acids is 1. The first-order valence-corrected chi connectivity index (χ1v) is 12.2. The van der Waals surface area contributed by atoms with Gasteiger partial charge in [0.25, 0.3) is 0 Å². The van der Waals surface area contributed by atoms with Gasteiger partial charge in [-0.3, -0.25) is 4.79 Å². The monoisotopic (exact) mass is 395 g/mol. The molecule has 1 atom stereocenters. The second-order valence-electron chi connectivity index (χ2n) is 11.1. The summed E-state index contributed by atoms with van der Waals surface area (Å²) in [6.45, 7) is 20.3. The molecule has 0 aliphatic rings. The molecular formula is C26H53NO. The van der Waals surface area contributed by atoms with Crippen molar-refractivity contribution in [1.29, 1.82) is 0 Å². The van der Waals surface area contributed by atoms with Gasteiger partial charge in [0.05, 0.1) is 0 Å². The molecule has 0 N–H and O–H groups in total. The molecule has 168 valence electrons. The molecule has 0 aromatic carbocycles. The Morgan fingerprint density at radius 1 is 0.750 bits per heavy atom. The third-order valence-electron chi connectivity index (χ3n) is 6.30. The first kappa shape index (κ1) is 27.6. The standard InChI is InChI=1S/C26H53NO/c1-10-13-15-16-17-19-26(8,18-14-11-2)23(28)25(6,7)21-24(4,5)22-27(9)20-12-3/h10-22H2,1-9H3. The van der Waals surface area contributed by atoms with Crippen LogP contribution in [0, 0.1) is 16.2 Å². The van der Waals surface area contributed by atoms with E-state index in [4.69, 9.17) is 0 Å². The normalized spacial score (nSPS) is 15.1. The van der Waals surface area contributed by atoms with Crippen LogP contribution in [0.3, 0.4) is 0 Å². The van der Waals surface area contributed by atoms with Gasteiger partial charge in [-0.2, -0.15) is 0 Å². The minimum absolute atomic E-state index is 0.149. The molecule has 0 amide bonds. The SMILES string of the molecule is CCCCCCCC(C)(CCCC)C(=O)C(C)(C)CC(C)(C)CN(C)CCC. The summed E-state index contributed by atoms with van der Waals surface area (Å²) in [5.41, 5.74) is -0.268. The van der Waals surface area contributed by atoms with E-state index in [0.29, 0.717) is 5.78 Å². The molecule has 0 aliphatic heterocycles. The predicted octanol–water partition coefficient (Wildman–Crippen LogP) is 7.90. The van der Waals surface area contributed by atoms with Crippen LogP contribution in [0.25, 0.3) is 0 Å². The molecule has 0 rings (SSSR count). The first-order chi connectivity index (χ1) is 12.9. The third-order valence-corrected chi connectivity index (χ3v) is 6.30. The fourth-order valence-electron chi connectivity index (χ4n) is 5.38. The molecule has 0 saturated heterocycles. The Labute approximate surface area is 178 Å². The lowest BCUT2D eigenvalue weighted by Gasteiger charge is -2.41. The van der Waals surface area contributed by atoms with Crippen LogP contribution >= 0.6 is 0 Å². The zero-order chi connectivity index (χ0) is 21.8. The van der Waals surface area contributed by atoms with Crippen LogP contribution in [-0.4, -0.2) is 30.8 Å². The Kier molecular flexibility index (Phi) is 12.9. The maximum absolute atomic E-state index is 13.8. The number of carbonyl (C=O) groups is 1. The molecule has 28 heavy (non-hydrogen) atoms. The first-order valence-electron chi connectivity index (χ1n) is 12.2. The van der Waals surface area contributed by atoms with Crippen molar-refractivity contribution in [1.82, 2.24) is 4.90 Å². The molecule has 0 radical (unpaired) electrons. The van der Waals surface area contributed by atoms with Crippen molar-refractivity contribution in [3.8, 4) is 0 Å². The second kappa shape index (κ2) is 13.0. The Morgan fingerprint density at radius 2 is 1.29 bits per heavy atom. The van der Waals surface area contributed by atoms with Gasteiger partial charge in [0, 0.05) is 17.4 Å². The second-order valence-corrected chi connectivity index (χ2v) is 11.1. The minimum Gasteiger partial charge on any atom is -0.306 e. The highest BCUT2D eigenvalue weighted by Crippen LogP contribution is 2.43. The zero-order valence-corrected chi connectivity index (χ0v) is 21.0. The summed E-state index contributed by atoms with van der Waals surface area (Å²) in [6.07, 6.45) is 13.0. The van der Waals surface area contributed by atoms with E-state index in [1.165, 1.54) is 44.9 Å². The molecule has 0 aromatic rings. The molecule has 0 spiro atoms. The van der Waals surface area contributed by atoms with E-state index in [2.05, 4.69) is 67.3 Å². The van der Waals surface area contributed by atoms with E-state index in [1.54, 1.807) is 0 Å². The molecule has 2 nitrogen and oxygen atoms in total. The van der Waals surface area contributed by atoms with Crippen LogP contribution in [0.15, 0.2) is 0 Å². The number of rotatable bonds is 17. The fraction of sp³-hybridized carbons (Fsp3) is 0.962. The molecule has 0 heterocycles. The molecule has 0 saturated carbocycles. The summed E-state index contributed by atoms with van der Waals surface area (Å²) < 4.78 is 0. The van der Waals surface area contributed by atoms with Crippen LogP contribution < -0.4 is 0 Å². The summed E-state index contributed by atoms with van der Waals surface area (Å²) in [6, 6.07) is 0. The van der Waals surface area contributed by atoms with Crippen molar-refractivity contribution in [2.45, 2.75) is 126 Å². The summed E-state index contributed by atoms with van der Waals surface area (Å²) in [7, 11) is 2.21. The van der Waals surface area contributed by atoms with Crippen LogP contribution in [-0.2, 0) is 4.79 Å². The molecule has 0 aliphatic carbocycles. The number of unbranched alkanes of at least 4 members (excludes halogenated alkanes) is 5. The van der Waals surface area contributed by atoms with Crippen molar-refractivity contribution < 1.29 is 4.79 Å². The van der Waals surface area contributed by atoms with E-state index < -0.39 is 0 Å². The predicted molar refractivity (Wildman–Crippen MR) is 126 cm³/mol. The summed E-state index contributed by atoms with van der Waals surface area (Å²) in [4.78, 5) is 16.2. The van der Waals surface area contributed by atoms with Crippen LogP contribution in [0.1, 0.15) is 126 Å². The topological polar surface area (TPSA) is 20.3 Å². The average Bonchev–Trinajstić information content (AvgIpc) is 2.57. The lowest BCUT2D eigenvalue weighted by molar-refractivity contribution is -0.139. The fourth-order valence-corrected chi connectivity index (χ4v) is 5.38. The Hall–Kier alpha value is -0.370. The van der Waals surface area contributed by atoms with Gasteiger partial charge in [0.15, 0.2) is 0 Å². The quantitative estimate of drug-likeness (QED) is 0.233. The van der Waals surface area contributed by atoms with E-state index >= 15 is 0 Å². The highest BCUT2D eigenvalue weighted by atomic mass is 16.1. The van der Waals surface area contributed by atoms with Crippen molar-refractivity contribution in [3.05, 3.63) is 0 Å². The molecule has 2 heteroatoms. The Morgan fingerprint density at radius 3 is 1.82 bits per heavy atom. The van der Waals surface area contributed by atoms with Gasteiger partial charge in [0.2, 0.25) is 0 Å². The summed E-state index contributed by atoms with van der Waals surface area (Å²) >= 11 is 0. The van der Waals surface area contributed by atoms with E-state index in [1.807, 2.05) is 0 Å². The lowest BCUT2D eigenvalue weighted by Crippen LogP contribution is -2.43. The van der Waals surface area contributed by atoms with Gasteiger partial charge >= 0.3 is 0 Å². The summed E-state index contributed by atoms with van der Waals surface area (Å²) in [5.74, 6) is 0.509. The zero-order valence-electron chi connectivity index (χ0n) is 21.0. The Balaban J connectivity index is 5.13. The van der Waals surface area contributed by atoms with Gasteiger partial charge < -0.3 is 4.90 Å². The number of hydrogen-bond donors (Lipinski definition) is 0. The van der Waals surface area contributed by atoms with E-state index in [-0.39, 0.29) is 16.2 Å². The largest absolute Gasteiger partial charge is 0.306 e. The van der Waals surface area contributed by atoms with Gasteiger partial charge in [-0.25, -0.2) is 0 Å². The minimum atomic E-state index is -0.261. The van der Waals surface area contributed by atoms with Crippen LogP contribution in [0.5, 0.6) is 0 Å². The van der Waals surface area contributed by atoms with Gasteiger partial charge in [-0.05, 0) is 44.7 Å². The van der Waals surface area contributed by atoms with Gasteiger partial charge in [-0.15, -0.1) is 0 Å². The number of hydrogen-bond acceptors (Lipinski definition) is 2. The average molecular weight is 396 g/mol. The number of nitrogens with zero attached hydrogens (tertiary/aromatic N) is 1. The van der Waals surface area contributed by atoms with Crippen molar-refractivity contribution in [3.63, 3.8) is 0 Å². The molecule has 1 unspecified atom stereocenters. The van der Waals surface area contributed by atoms with E-state index in [0.717, 1.165) is 38.8 Å². The smallest absolute Gasteiger partial charge is 0.144 e. The lowest BCUT2D eigenvalue weighted by atomic mass is 9.63. The third kappa shape index (κ3) is 10.4. The molecule has 0 aromatic heterocycles. The number of ketones is 1. The highest BCUT2D eigenvalue weighted by molar-refractivity contribution is 5.89. The van der Waals surface area contributed by atoms with Crippen LogP contribution in [0.2, 0.25) is 0 Å². The highest BCUT2D eigenvalue weighted by Gasteiger charge is 2.43. The molecular weight excluding hydrogens is 342 g/mol.